The molecule has 0 bridgehead atoms. The Labute approximate surface area is 54.5 Å². The van der Waals surface area contributed by atoms with E-state index < -0.39 is 0 Å². The van der Waals surface area contributed by atoms with E-state index in [2.05, 4.69) is 20.5 Å². The van der Waals surface area contributed by atoms with Crippen molar-refractivity contribution in [1.29, 1.82) is 0 Å². The quantitative estimate of drug-likeness (QED) is 0.495. The number of fused-ring (bicyclic) bond motifs is 1. The molecule has 0 radical (unpaired) electrons. The summed E-state index contributed by atoms with van der Waals surface area (Å²) in [5.41, 5.74) is 0.162. The van der Waals surface area contributed by atoms with Crippen LogP contribution in [0.5, 0.6) is 0 Å². The summed E-state index contributed by atoms with van der Waals surface area (Å²) in [6.45, 7) is 0. The fourth-order valence-electron chi connectivity index (χ4n) is 0.685. The van der Waals surface area contributed by atoms with E-state index in [1.807, 2.05) is 0 Å². The molecule has 1 N–H and O–H groups in total. The molecule has 0 fully saturated rings. The van der Waals surface area contributed by atoms with Crippen LogP contribution in [-0.2, 0) is 0 Å². The Bertz CT molecular complexity index is 401. The van der Waals surface area contributed by atoms with Crippen LogP contribution >= 0.6 is 0 Å². The smallest absolute Gasteiger partial charge is 0.266 e. The van der Waals surface area contributed by atoms with Crippen molar-refractivity contribution >= 4 is 5.65 Å². The Morgan fingerprint density at radius 1 is 1.50 bits per heavy atom. The SMILES string of the molecule is O=c1cncc2nn[nH]n12. The van der Waals surface area contributed by atoms with Gasteiger partial charge < -0.3 is 0 Å². The molecule has 6 nitrogen and oxygen atoms in total. The summed E-state index contributed by atoms with van der Waals surface area (Å²) in [5.74, 6) is 0. The Morgan fingerprint density at radius 3 is 3.20 bits per heavy atom. The molecular formula is C4H3N5O. The summed E-state index contributed by atoms with van der Waals surface area (Å²) in [4.78, 5) is 14.5. The van der Waals surface area contributed by atoms with Crippen molar-refractivity contribution in [1.82, 2.24) is 25.0 Å². The summed E-state index contributed by atoms with van der Waals surface area (Å²) in [6.07, 6.45) is 2.64. The largest absolute Gasteiger partial charge is 0.290 e. The average Bonchev–Trinajstić information content (AvgIpc) is 2.36. The summed E-state index contributed by atoms with van der Waals surface area (Å²) in [7, 11) is 0. The van der Waals surface area contributed by atoms with E-state index in [1.54, 1.807) is 0 Å². The number of nitrogens with one attached hydrogen (secondary N) is 1. The first kappa shape index (κ1) is 5.10. The van der Waals surface area contributed by atoms with Gasteiger partial charge in [-0.15, -0.1) is 5.10 Å². The molecule has 2 rings (SSSR count). The van der Waals surface area contributed by atoms with Gasteiger partial charge in [0.15, 0.2) is 5.65 Å². The van der Waals surface area contributed by atoms with E-state index in [-0.39, 0.29) is 5.56 Å². The minimum absolute atomic E-state index is 0.262. The first-order valence-corrected chi connectivity index (χ1v) is 2.62. The molecule has 0 aliphatic heterocycles. The maximum Gasteiger partial charge on any atom is 0.290 e. The van der Waals surface area contributed by atoms with E-state index in [1.165, 1.54) is 16.9 Å². The highest BCUT2D eigenvalue weighted by Crippen LogP contribution is 1.83. The zero-order chi connectivity index (χ0) is 6.97. The highest BCUT2D eigenvalue weighted by Gasteiger charge is 1.95. The predicted molar refractivity (Wildman–Crippen MR) is 31.4 cm³/mol. The van der Waals surface area contributed by atoms with Crippen LogP contribution in [0.2, 0.25) is 0 Å². The van der Waals surface area contributed by atoms with E-state index in [9.17, 15) is 4.79 Å². The molecule has 0 spiro atoms. The second kappa shape index (κ2) is 1.63. The molecule has 0 amide bonds. The van der Waals surface area contributed by atoms with E-state index in [0.29, 0.717) is 5.65 Å². The number of H-pyrrole nitrogens is 1. The molecule has 0 saturated carbocycles. The molecule has 2 heterocycles. The van der Waals surface area contributed by atoms with Crippen molar-refractivity contribution in [2.45, 2.75) is 0 Å². The monoisotopic (exact) mass is 137 g/mol. The first-order chi connectivity index (χ1) is 4.88. The van der Waals surface area contributed by atoms with Gasteiger partial charge in [0.05, 0.1) is 12.4 Å². The lowest BCUT2D eigenvalue weighted by atomic mass is 10.7. The molecule has 6 heteroatoms. The van der Waals surface area contributed by atoms with Gasteiger partial charge in [-0.2, -0.15) is 9.73 Å². The summed E-state index contributed by atoms with van der Waals surface area (Å²) >= 11 is 0. The topological polar surface area (TPSA) is 75.9 Å². The first-order valence-electron chi connectivity index (χ1n) is 2.62. The summed E-state index contributed by atoms with van der Waals surface area (Å²) in [6, 6.07) is 0. The lowest BCUT2D eigenvalue weighted by Gasteiger charge is -1.83. The second-order valence-corrected chi connectivity index (χ2v) is 1.74. The molecule has 0 aliphatic carbocycles. The maximum absolute atomic E-state index is 10.8. The Hall–Kier alpha value is -1.72. The number of tetrazole rings is 1. The van der Waals surface area contributed by atoms with Gasteiger partial charge in [-0.1, -0.05) is 5.21 Å². The number of aromatic nitrogens is 5. The fourth-order valence-corrected chi connectivity index (χ4v) is 0.685. The van der Waals surface area contributed by atoms with E-state index >= 15 is 0 Å². The van der Waals surface area contributed by atoms with Crippen molar-refractivity contribution in [3.63, 3.8) is 0 Å². The third-order valence-electron chi connectivity index (χ3n) is 1.12. The zero-order valence-corrected chi connectivity index (χ0v) is 4.85. The Morgan fingerprint density at radius 2 is 2.40 bits per heavy atom. The predicted octanol–water partition coefficient (Wildman–Crippen LogP) is -1.19. The Balaban J connectivity index is 3.09. The van der Waals surface area contributed by atoms with Crippen LogP contribution < -0.4 is 5.56 Å². The van der Waals surface area contributed by atoms with Crippen molar-refractivity contribution < 1.29 is 0 Å². The van der Waals surface area contributed by atoms with Gasteiger partial charge in [0.25, 0.3) is 5.56 Å². The number of nitrogens with zero attached hydrogens (tertiary/aromatic N) is 4. The minimum Gasteiger partial charge on any atom is -0.266 e. The molecule has 0 atom stereocenters. The summed E-state index contributed by atoms with van der Waals surface area (Å²) < 4.78 is 1.20. The van der Waals surface area contributed by atoms with Crippen LogP contribution in [0.15, 0.2) is 17.2 Å². The molecule has 0 unspecified atom stereocenters. The van der Waals surface area contributed by atoms with Crippen molar-refractivity contribution in [3.05, 3.63) is 22.7 Å². The number of aromatic amines is 1. The van der Waals surface area contributed by atoms with Crippen LogP contribution in [0.3, 0.4) is 0 Å². The molecule has 10 heavy (non-hydrogen) atoms. The van der Waals surface area contributed by atoms with Crippen LogP contribution in [-0.4, -0.2) is 25.0 Å². The number of hydrogen-bond donors (Lipinski definition) is 1. The van der Waals surface area contributed by atoms with Gasteiger partial charge >= 0.3 is 0 Å². The van der Waals surface area contributed by atoms with Gasteiger partial charge in [0, 0.05) is 0 Å². The second-order valence-electron chi connectivity index (χ2n) is 1.74. The zero-order valence-electron chi connectivity index (χ0n) is 4.85. The highest BCUT2D eigenvalue weighted by atomic mass is 16.1. The number of hydrogen-bond acceptors (Lipinski definition) is 4. The highest BCUT2D eigenvalue weighted by molar-refractivity contribution is 5.29. The van der Waals surface area contributed by atoms with Gasteiger partial charge in [0.1, 0.15) is 0 Å². The molecule has 0 aliphatic rings. The number of rotatable bonds is 0. The normalized spacial score (nSPS) is 10.4. The molecule has 2 aromatic rings. The molecular weight excluding hydrogens is 134 g/mol. The van der Waals surface area contributed by atoms with Crippen LogP contribution in [0, 0.1) is 0 Å². The van der Waals surface area contributed by atoms with E-state index in [0.717, 1.165) is 0 Å². The average molecular weight is 137 g/mol. The molecule has 0 saturated heterocycles. The van der Waals surface area contributed by atoms with Crippen LogP contribution in [0.1, 0.15) is 0 Å². The van der Waals surface area contributed by atoms with E-state index in [4.69, 9.17) is 0 Å². The van der Waals surface area contributed by atoms with Crippen molar-refractivity contribution in [3.8, 4) is 0 Å². The molecule has 0 aromatic carbocycles. The third-order valence-corrected chi connectivity index (χ3v) is 1.12. The van der Waals surface area contributed by atoms with Gasteiger partial charge in [-0.05, 0) is 0 Å². The van der Waals surface area contributed by atoms with Gasteiger partial charge in [-0.25, -0.2) is 0 Å². The van der Waals surface area contributed by atoms with Crippen molar-refractivity contribution in [2.24, 2.45) is 0 Å². The van der Waals surface area contributed by atoms with Gasteiger partial charge in [0.2, 0.25) is 0 Å². The Kier molecular flexibility index (Phi) is 0.830. The minimum atomic E-state index is -0.262. The van der Waals surface area contributed by atoms with Crippen LogP contribution in [0.4, 0.5) is 0 Å². The molecule has 2 aromatic heterocycles. The molecule has 50 valence electrons. The fraction of sp³-hybridized carbons (Fsp3) is 0. The van der Waals surface area contributed by atoms with Crippen LogP contribution in [0.25, 0.3) is 5.65 Å². The lowest BCUT2D eigenvalue weighted by molar-refractivity contribution is 0.800. The maximum atomic E-state index is 10.8. The lowest BCUT2D eigenvalue weighted by Crippen LogP contribution is -2.12. The van der Waals surface area contributed by atoms with Gasteiger partial charge in [-0.3, -0.25) is 9.78 Å². The summed E-state index contributed by atoms with van der Waals surface area (Å²) in [5, 5.41) is 9.38. The third kappa shape index (κ3) is 0.524. The van der Waals surface area contributed by atoms with Crippen molar-refractivity contribution in [2.75, 3.05) is 0 Å². The standard InChI is InChI=1S/C4H3N5O/c10-4-2-5-1-3-6-7-8-9(3)4/h1-2H,(H,6,8).